The van der Waals surface area contributed by atoms with Gasteiger partial charge in [-0.3, -0.25) is 10.1 Å². The van der Waals surface area contributed by atoms with E-state index < -0.39 is 24.3 Å². The first kappa shape index (κ1) is 18.5. The number of halogens is 1. The Hall–Kier alpha value is -3.26. The lowest BCUT2D eigenvalue weighted by atomic mass is 10.1. The summed E-state index contributed by atoms with van der Waals surface area (Å²) in [5.41, 5.74) is 8.34. The molecule has 0 spiro atoms. The van der Waals surface area contributed by atoms with Gasteiger partial charge >= 0.3 is 5.97 Å². The van der Waals surface area contributed by atoms with E-state index in [0.29, 0.717) is 5.13 Å². The number of aryl methyl sites for hydroxylation is 1. The molecule has 1 heterocycles. The molecule has 0 radical (unpaired) electrons. The lowest BCUT2D eigenvalue weighted by molar-refractivity contribution is -0.119. The van der Waals surface area contributed by atoms with E-state index in [1.54, 1.807) is 0 Å². The van der Waals surface area contributed by atoms with Crippen molar-refractivity contribution in [3.05, 3.63) is 64.8 Å². The highest BCUT2D eigenvalue weighted by atomic mass is 32.1. The summed E-state index contributed by atoms with van der Waals surface area (Å²) in [6.07, 6.45) is 0. The summed E-state index contributed by atoms with van der Waals surface area (Å²) in [5.74, 6) is -1.90. The molecule has 3 rings (SSSR count). The molecule has 0 unspecified atom stereocenters. The number of nitrogen functional groups attached to an aromatic ring is 1. The van der Waals surface area contributed by atoms with Crippen LogP contribution in [0.3, 0.4) is 0 Å². The maximum absolute atomic E-state index is 13.0. The van der Waals surface area contributed by atoms with Crippen LogP contribution in [-0.2, 0) is 9.53 Å². The minimum Gasteiger partial charge on any atom is -0.452 e. The zero-order chi connectivity index (χ0) is 19.4. The number of benzene rings is 2. The average Bonchev–Trinajstić information content (AvgIpc) is 3.08. The molecular formula is C19H16FN3O3S. The standard InChI is InChI=1S/C19H16FN3O3S/c1-11-2-4-12(5-3-11)16-10-27-19(22-16)23-17(24)9-26-18(25)14-7-6-13(20)8-15(14)21/h2-8,10H,9,21H2,1H3,(H,22,23,24). The highest BCUT2D eigenvalue weighted by Gasteiger charge is 2.15. The van der Waals surface area contributed by atoms with Crippen molar-refractivity contribution < 1.29 is 18.7 Å². The Balaban J connectivity index is 1.56. The van der Waals surface area contributed by atoms with Crippen LogP contribution in [-0.4, -0.2) is 23.5 Å². The van der Waals surface area contributed by atoms with Crippen LogP contribution in [0.25, 0.3) is 11.3 Å². The highest BCUT2D eigenvalue weighted by Crippen LogP contribution is 2.25. The first-order valence-corrected chi connectivity index (χ1v) is 8.85. The molecular weight excluding hydrogens is 369 g/mol. The van der Waals surface area contributed by atoms with E-state index in [-0.39, 0.29) is 11.3 Å². The quantitative estimate of drug-likeness (QED) is 0.517. The third-order valence-corrected chi connectivity index (χ3v) is 4.42. The second-order valence-electron chi connectivity index (χ2n) is 5.76. The van der Waals surface area contributed by atoms with Crippen molar-refractivity contribution in [3.8, 4) is 11.3 Å². The first-order valence-electron chi connectivity index (χ1n) is 7.97. The van der Waals surface area contributed by atoms with E-state index in [1.807, 2.05) is 36.6 Å². The van der Waals surface area contributed by atoms with Crippen molar-refractivity contribution >= 4 is 34.0 Å². The van der Waals surface area contributed by atoms with Gasteiger partial charge < -0.3 is 10.5 Å². The summed E-state index contributed by atoms with van der Waals surface area (Å²) in [6, 6.07) is 11.2. The molecule has 1 amide bonds. The fraction of sp³-hybridized carbons (Fsp3) is 0.105. The number of rotatable bonds is 5. The number of nitrogens with two attached hydrogens (primary N) is 1. The van der Waals surface area contributed by atoms with Gasteiger partial charge in [0.05, 0.1) is 11.3 Å². The van der Waals surface area contributed by atoms with Crippen LogP contribution in [0.1, 0.15) is 15.9 Å². The number of aromatic nitrogens is 1. The second kappa shape index (κ2) is 7.96. The Bertz CT molecular complexity index is 986. The number of anilines is 2. The summed E-state index contributed by atoms with van der Waals surface area (Å²) in [4.78, 5) is 28.2. The molecule has 0 aliphatic carbocycles. The van der Waals surface area contributed by atoms with E-state index in [9.17, 15) is 14.0 Å². The van der Waals surface area contributed by atoms with Crippen LogP contribution in [0.15, 0.2) is 47.8 Å². The largest absolute Gasteiger partial charge is 0.452 e. The number of nitrogens with zero attached hydrogens (tertiary/aromatic N) is 1. The van der Waals surface area contributed by atoms with Crippen LogP contribution in [0.2, 0.25) is 0 Å². The number of hydrogen-bond donors (Lipinski definition) is 2. The lowest BCUT2D eigenvalue weighted by Crippen LogP contribution is -2.21. The molecule has 138 valence electrons. The topological polar surface area (TPSA) is 94.3 Å². The zero-order valence-electron chi connectivity index (χ0n) is 14.4. The molecule has 0 bridgehead atoms. The second-order valence-corrected chi connectivity index (χ2v) is 6.62. The summed E-state index contributed by atoms with van der Waals surface area (Å²) in [7, 11) is 0. The first-order chi connectivity index (χ1) is 12.9. The number of amides is 1. The summed E-state index contributed by atoms with van der Waals surface area (Å²) < 4.78 is 17.9. The van der Waals surface area contributed by atoms with E-state index in [1.165, 1.54) is 17.4 Å². The smallest absolute Gasteiger partial charge is 0.340 e. The number of nitrogens with one attached hydrogen (secondary N) is 1. The molecule has 27 heavy (non-hydrogen) atoms. The third-order valence-electron chi connectivity index (χ3n) is 3.67. The molecule has 3 aromatic rings. The van der Waals surface area contributed by atoms with Crippen LogP contribution in [0.5, 0.6) is 0 Å². The lowest BCUT2D eigenvalue weighted by Gasteiger charge is -2.06. The minimum absolute atomic E-state index is 0.0000981. The van der Waals surface area contributed by atoms with Gasteiger partial charge in [0.15, 0.2) is 11.7 Å². The summed E-state index contributed by atoms with van der Waals surface area (Å²) >= 11 is 1.27. The molecule has 0 atom stereocenters. The highest BCUT2D eigenvalue weighted by molar-refractivity contribution is 7.14. The van der Waals surface area contributed by atoms with Gasteiger partial charge in [0.1, 0.15) is 5.82 Å². The monoisotopic (exact) mass is 385 g/mol. The predicted molar refractivity (Wildman–Crippen MR) is 102 cm³/mol. The Labute approximate surface area is 158 Å². The van der Waals surface area contributed by atoms with Crippen molar-refractivity contribution in [1.82, 2.24) is 4.98 Å². The maximum atomic E-state index is 13.0. The Kier molecular flexibility index (Phi) is 5.46. The molecule has 0 aliphatic rings. The maximum Gasteiger partial charge on any atom is 0.340 e. The van der Waals surface area contributed by atoms with Crippen molar-refractivity contribution in [2.45, 2.75) is 6.92 Å². The van der Waals surface area contributed by atoms with E-state index in [4.69, 9.17) is 10.5 Å². The minimum atomic E-state index is -0.804. The van der Waals surface area contributed by atoms with Gasteiger partial charge in [0, 0.05) is 16.6 Å². The number of carbonyl (C=O) groups excluding carboxylic acids is 2. The normalized spacial score (nSPS) is 10.4. The molecule has 0 saturated heterocycles. The van der Waals surface area contributed by atoms with Crippen LogP contribution < -0.4 is 11.1 Å². The van der Waals surface area contributed by atoms with Crippen molar-refractivity contribution in [2.24, 2.45) is 0 Å². The van der Waals surface area contributed by atoms with Crippen LogP contribution in [0, 0.1) is 12.7 Å². The van der Waals surface area contributed by atoms with Gasteiger partial charge in [-0.05, 0) is 25.1 Å². The van der Waals surface area contributed by atoms with Crippen molar-refractivity contribution in [3.63, 3.8) is 0 Å². The zero-order valence-corrected chi connectivity index (χ0v) is 15.2. The summed E-state index contributed by atoms with van der Waals surface area (Å²) in [6.45, 7) is 1.49. The number of thiazole rings is 1. The Morgan fingerprint density at radius 2 is 1.96 bits per heavy atom. The van der Waals surface area contributed by atoms with Crippen LogP contribution >= 0.6 is 11.3 Å². The van der Waals surface area contributed by atoms with E-state index in [0.717, 1.165) is 29.0 Å². The van der Waals surface area contributed by atoms with Gasteiger partial charge in [-0.1, -0.05) is 29.8 Å². The molecule has 6 nitrogen and oxygen atoms in total. The van der Waals surface area contributed by atoms with Gasteiger partial charge in [0.25, 0.3) is 5.91 Å². The molecule has 3 N–H and O–H groups in total. The van der Waals surface area contributed by atoms with Gasteiger partial charge in [0.2, 0.25) is 0 Å². The van der Waals surface area contributed by atoms with Crippen molar-refractivity contribution in [1.29, 1.82) is 0 Å². The number of hydrogen-bond acceptors (Lipinski definition) is 6. The molecule has 0 fully saturated rings. The number of esters is 1. The third kappa shape index (κ3) is 4.68. The van der Waals surface area contributed by atoms with Gasteiger partial charge in [-0.25, -0.2) is 14.2 Å². The number of carbonyl (C=O) groups is 2. The summed E-state index contributed by atoms with van der Waals surface area (Å²) in [5, 5.41) is 4.80. The Morgan fingerprint density at radius 1 is 1.22 bits per heavy atom. The SMILES string of the molecule is Cc1ccc(-c2csc(NC(=O)COC(=O)c3ccc(F)cc3N)n2)cc1. The van der Waals surface area contributed by atoms with Gasteiger partial charge in [-0.15, -0.1) is 11.3 Å². The fourth-order valence-corrected chi connectivity index (χ4v) is 3.01. The predicted octanol–water partition coefficient (Wildman–Crippen LogP) is 3.64. The Morgan fingerprint density at radius 3 is 2.67 bits per heavy atom. The number of ether oxygens (including phenoxy) is 1. The fourth-order valence-electron chi connectivity index (χ4n) is 2.27. The molecule has 0 saturated carbocycles. The van der Waals surface area contributed by atoms with Gasteiger partial charge in [-0.2, -0.15) is 0 Å². The van der Waals surface area contributed by atoms with Crippen LogP contribution in [0.4, 0.5) is 15.2 Å². The van der Waals surface area contributed by atoms with E-state index in [2.05, 4.69) is 10.3 Å². The molecule has 0 aliphatic heterocycles. The molecule has 1 aromatic heterocycles. The molecule has 2 aromatic carbocycles. The average molecular weight is 385 g/mol. The van der Waals surface area contributed by atoms with Crippen molar-refractivity contribution in [2.75, 3.05) is 17.7 Å². The molecule has 8 heteroatoms. The van der Waals surface area contributed by atoms with E-state index >= 15 is 0 Å².